The van der Waals surface area contributed by atoms with Gasteiger partial charge in [-0.2, -0.15) is 0 Å². The zero-order chi connectivity index (χ0) is 10.6. The summed E-state index contributed by atoms with van der Waals surface area (Å²) in [6.45, 7) is 6.75. The van der Waals surface area contributed by atoms with Gasteiger partial charge in [0.1, 0.15) is 0 Å². The van der Waals surface area contributed by atoms with Crippen molar-refractivity contribution in [2.45, 2.75) is 0 Å². The quantitative estimate of drug-likeness (QED) is 0.534. The maximum atomic E-state index is 11.2. The number of ketones is 2. The Morgan fingerprint density at radius 1 is 1.00 bits per heavy atom. The maximum Gasteiger partial charge on any atom is 0.185 e. The molecule has 1 rings (SSSR count). The molecule has 0 fully saturated rings. The minimum absolute atomic E-state index is 0.191. The molecule has 0 aliphatic heterocycles. The van der Waals surface area contributed by atoms with Crippen LogP contribution in [0.2, 0.25) is 0 Å². The molecule has 0 radical (unpaired) electrons. The molecule has 0 bridgehead atoms. The van der Waals surface area contributed by atoms with E-state index in [1.165, 1.54) is 18.2 Å². The molecular formula is C12H10O2. The van der Waals surface area contributed by atoms with E-state index in [0.717, 1.165) is 0 Å². The van der Waals surface area contributed by atoms with E-state index in [4.69, 9.17) is 0 Å². The van der Waals surface area contributed by atoms with Crippen molar-refractivity contribution in [2.24, 2.45) is 0 Å². The number of rotatable bonds is 4. The first-order chi connectivity index (χ1) is 6.69. The van der Waals surface area contributed by atoms with Crippen LogP contribution in [0, 0.1) is 0 Å². The van der Waals surface area contributed by atoms with Gasteiger partial charge in [-0.15, -0.1) is 0 Å². The first-order valence-corrected chi connectivity index (χ1v) is 4.12. The molecule has 0 atom stereocenters. The van der Waals surface area contributed by atoms with Gasteiger partial charge in [-0.1, -0.05) is 31.4 Å². The number of hydrogen-bond donors (Lipinski definition) is 0. The second kappa shape index (κ2) is 4.33. The van der Waals surface area contributed by atoms with E-state index in [1.54, 1.807) is 18.2 Å². The third kappa shape index (κ3) is 2.04. The third-order valence-electron chi connectivity index (χ3n) is 1.80. The van der Waals surface area contributed by atoms with Gasteiger partial charge in [0.2, 0.25) is 0 Å². The van der Waals surface area contributed by atoms with Crippen molar-refractivity contribution in [1.82, 2.24) is 0 Å². The Labute approximate surface area is 82.6 Å². The molecule has 0 N–H and O–H groups in total. The van der Waals surface area contributed by atoms with E-state index in [1.807, 2.05) is 0 Å². The topological polar surface area (TPSA) is 34.1 Å². The summed E-state index contributed by atoms with van der Waals surface area (Å²) < 4.78 is 0. The molecule has 0 aliphatic carbocycles. The van der Waals surface area contributed by atoms with Gasteiger partial charge in [-0.25, -0.2) is 0 Å². The number of allylic oxidation sites excluding steroid dienone is 2. The maximum absolute atomic E-state index is 11.2. The highest BCUT2D eigenvalue weighted by Crippen LogP contribution is 2.07. The molecule has 1 aromatic carbocycles. The molecule has 0 aromatic heterocycles. The predicted octanol–water partition coefficient (Wildman–Crippen LogP) is 2.42. The van der Waals surface area contributed by atoms with Crippen LogP contribution in [0.15, 0.2) is 49.6 Å². The summed E-state index contributed by atoms with van der Waals surface area (Å²) in [4.78, 5) is 22.4. The van der Waals surface area contributed by atoms with E-state index in [0.29, 0.717) is 11.1 Å². The monoisotopic (exact) mass is 186 g/mol. The van der Waals surface area contributed by atoms with Crippen LogP contribution >= 0.6 is 0 Å². The highest BCUT2D eigenvalue weighted by molar-refractivity contribution is 6.08. The molecule has 0 unspecified atom stereocenters. The van der Waals surface area contributed by atoms with Crippen molar-refractivity contribution in [1.29, 1.82) is 0 Å². The average molecular weight is 186 g/mol. The van der Waals surface area contributed by atoms with Crippen molar-refractivity contribution >= 4 is 11.6 Å². The zero-order valence-corrected chi connectivity index (χ0v) is 7.69. The highest BCUT2D eigenvalue weighted by atomic mass is 16.1. The zero-order valence-electron chi connectivity index (χ0n) is 7.69. The van der Waals surface area contributed by atoms with Crippen LogP contribution in [-0.2, 0) is 0 Å². The Morgan fingerprint density at radius 3 is 1.79 bits per heavy atom. The normalized spacial score (nSPS) is 9.14. The fraction of sp³-hybridized carbons (Fsp3) is 0. The van der Waals surface area contributed by atoms with Crippen molar-refractivity contribution in [2.75, 3.05) is 0 Å². The number of carbonyl (C=O) groups excluding carboxylic acids is 2. The fourth-order valence-corrected chi connectivity index (χ4v) is 1.06. The summed E-state index contributed by atoms with van der Waals surface area (Å²) in [6, 6.07) is 6.48. The molecule has 0 aliphatic rings. The molecule has 2 heteroatoms. The summed E-state index contributed by atoms with van der Waals surface area (Å²) >= 11 is 0. The van der Waals surface area contributed by atoms with E-state index >= 15 is 0 Å². The summed E-state index contributed by atoms with van der Waals surface area (Å²) in [6.07, 6.45) is 2.44. The van der Waals surface area contributed by atoms with Gasteiger partial charge in [-0.3, -0.25) is 9.59 Å². The summed E-state index contributed by atoms with van der Waals surface area (Å²) in [5.74, 6) is -0.382. The van der Waals surface area contributed by atoms with E-state index < -0.39 is 0 Å². The lowest BCUT2D eigenvalue weighted by molar-refractivity contribution is 0.104. The molecule has 0 saturated heterocycles. The summed E-state index contributed by atoms with van der Waals surface area (Å²) in [5, 5.41) is 0. The first-order valence-electron chi connectivity index (χ1n) is 4.12. The lowest BCUT2D eigenvalue weighted by Gasteiger charge is -1.98. The Kier molecular flexibility index (Phi) is 3.13. The van der Waals surface area contributed by atoms with E-state index in [-0.39, 0.29) is 11.6 Å². The van der Waals surface area contributed by atoms with Gasteiger partial charge in [0, 0.05) is 11.1 Å². The van der Waals surface area contributed by atoms with Crippen LogP contribution in [-0.4, -0.2) is 11.6 Å². The third-order valence-corrected chi connectivity index (χ3v) is 1.80. The average Bonchev–Trinajstić information content (AvgIpc) is 2.27. The Balaban J connectivity index is 3.12. The number of benzene rings is 1. The van der Waals surface area contributed by atoms with Crippen molar-refractivity contribution in [3.63, 3.8) is 0 Å². The first kappa shape index (κ1) is 10.1. The summed E-state index contributed by atoms with van der Waals surface area (Å²) in [5.41, 5.74) is 0.931. The van der Waals surface area contributed by atoms with Gasteiger partial charge in [-0.05, 0) is 18.2 Å². The molecule has 2 nitrogen and oxygen atoms in total. The van der Waals surface area contributed by atoms with Gasteiger partial charge < -0.3 is 0 Å². The molecule has 14 heavy (non-hydrogen) atoms. The standard InChI is InChI=1S/C12H10O2/c1-3-11(13)9-6-5-7-10(8-9)12(14)4-2/h3-8H,1-2H2. The van der Waals surface area contributed by atoms with E-state index in [9.17, 15) is 9.59 Å². The van der Waals surface area contributed by atoms with Crippen LogP contribution in [0.1, 0.15) is 20.7 Å². The lowest BCUT2D eigenvalue weighted by atomic mass is 10.0. The van der Waals surface area contributed by atoms with Gasteiger partial charge >= 0.3 is 0 Å². The summed E-state index contributed by atoms with van der Waals surface area (Å²) in [7, 11) is 0. The molecule has 1 aromatic rings. The Morgan fingerprint density at radius 2 is 1.43 bits per heavy atom. The minimum atomic E-state index is -0.191. The molecular weight excluding hydrogens is 176 g/mol. The van der Waals surface area contributed by atoms with Gasteiger partial charge in [0.15, 0.2) is 11.6 Å². The largest absolute Gasteiger partial charge is 0.289 e. The van der Waals surface area contributed by atoms with Crippen molar-refractivity contribution in [3.05, 3.63) is 60.7 Å². The Bertz CT molecular complexity index is 367. The number of hydrogen-bond acceptors (Lipinski definition) is 2. The molecule has 70 valence electrons. The highest BCUT2D eigenvalue weighted by Gasteiger charge is 2.05. The van der Waals surface area contributed by atoms with E-state index in [2.05, 4.69) is 13.2 Å². The van der Waals surface area contributed by atoms with Gasteiger partial charge in [0.25, 0.3) is 0 Å². The van der Waals surface area contributed by atoms with Gasteiger partial charge in [0.05, 0.1) is 0 Å². The van der Waals surface area contributed by atoms with Crippen LogP contribution < -0.4 is 0 Å². The molecule has 0 saturated carbocycles. The van der Waals surface area contributed by atoms with Crippen molar-refractivity contribution < 1.29 is 9.59 Å². The Hall–Kier alpha value is -1.96. The molecule has 0 amide bonds. The SMILES string of the molecule is C=CC(=O)c1cccc(C(=O)C=C)c1. The molecule has 0 heterocycles. The van der Waals surface area contributed by atoms with Crippen LogP contribution in [0.25, 0.3) is 0 Å². The number of carbonyl (C=O) groups is 2. The fourth-order valence-electron chi connectivity index (χ4n) is 1.06. The molecule has 0 spiro atoms. The smallest absolute Gasteiger partial charge is 0.185 e. The lowest BCUT2D eigenvalue weighted by Crippen LogP contribution is -1.98. The van der Waals surface area contributed by atoms with Crippen LogP contribution in [0.3, 0.4) is 0 Å². The predicted molar refractivity (Wildman–Crippen MR) is 55.5 cm³/mol. The second-order valence-corrected chi connectivity index (χ2v) is 2.72. The van der Waals surface area contributed by atoms with Crippen molar-refractivity contribution in [3.8, 4) is 0 Å². The second-order valence-electron chi connectivity index (χ2n) is 2.72. The van der Waals surface area contributed by atoms with Crippen LogP contribution in [0.5, 0.6) is 0 Å². The van der Waals surface area contributed by atoms with Crippen LogP contribution in [0.4, 0.5) is 0 Å². The minimum Gasteiger partial charge on any atom is -0.289 e.